The lowest BCUT2D eigenvalue weighted by Crippen LogP contribution is -2.35. The van der Waals surface area contributed by atoms with Crippen molar-refractivity contribution in [1.29, 1.82) is 0 Å². The molecule has 3 N–H and O–H groups in total. The first-order valence-corrected chi connectivity index (χ1v) is 7.70. The molecule has 0 aliphatic carbocycles. The number of rotatable bonds is 5. The molecule has 20 heavy (non-hydrogen) atoms. The largest absolute Gasteiger partial charge is 0.322 e. The highest BCUT2D eigenvalue weighted by molar-refractivity contribution is 7.87. The van der Waals surface area contributed by atoms with Gasteiger partial charge in [0, 0.05) is 24.7 Å². The molecule has 108 valence electrons. The van der Waals surface area contributed by atoms with E-state index in [4.69, 9.17) is 0 Å². The van der Waals surface area contributed by atoms with Crippen molar-refractivity contribution in [1.82, 2.24) is 14.4 Å². The second-order valence-electron chi connectivity index (χ2n) is 4.57. The Morgan fingerprint density at radius 3 is 2.70 bits per heavy atom. The molecule has 0 unspecified atom stereocenters. The minimum absolute atomic E-state index is 0.170. The Bertz CT molecular complexity index is 781. The second-order valence-corrected chi connectivity index (χ2v) is 6.27. The lowest BCUT2D eigenvalue weighted by molar-refractivity contribution is 0.573. The molecule has 1 aromatic heterocycles. The Labute approximate surface area is 117 Å². The summed E-state index contributed by atoms with van der Waals surface area (Å²) in [4.78, 5) is 14.7. The topological polar surface area (TPSA) is 91.1 Å². The third-order valence-electron chi connectivity index (χ3n) is 3.03. The molecule has 0 atom stereocenters. The first-order chi connectivity index (χ1) is 9.41. The summed E-state index contributed by atoms with van der Waals surface area (Å²) < 4.78 is 27.0. The average molecular weight is 295 g/mol. The normalized spacial score (nSPS) is 11.9. The molecule has 1 heterocycles. The average Bonchev–Trinajstić information content (AvgIpc) is 2.40. The van der Waals surface area contributed by atoms with Gasteiger partial charge in [0.05, 0.1) is 0 Å². The zero-order valence-corrected chi connectivity index (χ0v) is 12.2. The van der Waals surface area contributed by atoms with Crippen LogP contribution < -0.4 is 15.0 Å². The fourth-order valence-electron chi connectivity index (χ4n) is 1.95. The van der Waals surface area contributed by atoms with Gasteiger partial charge in [-0.1, -0.05) is 11.6 Å². The van der Waals surface area contributed by atoms with E-state index in [-0.39, 0.29) is 12.1 Å². The van der Waals surface area contributed by atoms with E-state index in [1.807, 2.05) is 25.1 Å². The molecule has 0 bridgehead atoms. The van der Waals surface area contributed by atoms with Crippen LogP contribution in [0.1, 0.15) is 11.1 Å². The van der Waals surface area contributed by atoms with Crippen LogP contribution in [0.4, 0.5) is 0 Å². The van der Waals surface area contributed by atoms with Gasteiger partial charge in [-0.2, -0.15) is 8.42 Å². The van der Waals surface area contributed by atoms with E-state index in [9.17, 15) is 13.2 Å². The van der Waals surface area contributed by atoms with Crippen LogP contribution in [0, 0.1) is 6.92 Å². The van der Waals surface area contributed by atoms with Gasteiger partial charge in [0.1, 0.15) is 0 Å². The lowest BCUT2D eigenvalue weighted by Gasteiger charge is -2.06. The van der Waals surface area contributed by atoms with Crippen LogP contribution >= 0.6 is 0 Å². The summed E-state index contributed by atoms with van der Waals surface area (Å²) in [6.45, 7) is 2.15. The van der Waals surface area contributed by atoms with Crippen LogP contribution in [0.25, 0.3) is 10.9 Å². The molecule has 0 fully saturated rings. The maximum absolute atomic E-state index is 11.9. The molecule has 0 amide bonds. The van der Waals surface area contributed by atoms with Gasteiger partial charge < -0.3 is 4.98 Å². The van der Waals surface area contributed by atoms with Crippen molar-refractivity contribution in [3.63, 3.8) is 0 Å². The number of pyridine rings is 1. The minimum Gasteiger partial charge on any atom is -0.322 e. The van der Waals surface area contributed by atoms with Crippen LogP contribution in [0.3, 0.4) is 0 Å². The summed E-state index contributed by atoms with van der Waals surface area (Å²) in [5.41, 5.74) is 2.25. The molecule has 2 rings (SSSR count). The van der Waals surface area contributed by atoms with Gasteiger partial charge in [-0.15, -0.1) is 0 Å². The molecule has 0 aliphatic heterocycles. The van der Waals surface area contributed by atoms with E-state index < -0.39 is 10.2 Å². The van der Waals surface area contributed by atoms with Crippen LogP contribution in [-0.4, -0.2) is 27.0 Å². The lowest BCUT2D eigenvalue weighted by atomic mass is 10.1. The van der Waals surface area contributed by atoms with E-state index in [0.29, 0.717) is 12.0 Å². The third kappa shape index (κ3) is 3.44. The molecular formula is C13H17N3O3S. The van der Waals surface area contributed by atoms with Crippen LogP contribution in [-0.2, 0) is 16.6 Å². The second kappa shape index (κ2) is 5.74. The molecule has 0 radical (unpaired) electrons. The quantitative estimate of drug-likeness (QED) is 0.747. The minimum atomic E-state index is -3.46. The van der Waals surface area contributed by atoms with Gasteiger partial charge in [0.2, 0.25) is 0 Å². The summed E-state index contributed by atoms with van der Waals surface area (Å²) >= 11 is 0. The molecule has 0 saturated carbocycles. The zero-order chi connectivity index (χ0) is 14.8. The summed E-state index contributed by atoms with van der Waals surface area (Å²) in [5.74, 6) is 0. The predicted molar refractivity (Wildman–Crippen MR) is 79.0 cm³/mol. The predicted octanol–water partition coefficient (Wildman–Crippen LogP) is 0.433. The van der Waals surface area contributed by atoms with Crippen molar-refractivity contribution < 1.29 is 8.42 Å². The van der Waals surface area contributed by atoms with Crippen LogP contribution in [0.15, 0.2) is 29.1 Å². The van der Waals surface area contributed by atoms with Gasteiger partial charge in [-0.05, 0) is 36.9 Å². The highest BCUT2D eigenvalue weighted by Gasteiger charge is 2.07. The van der Waals surface area contributed by atoms with Gasteiger partial charge in [0.15, 0.2) is 0 Å². The van der Waals surface area contributed by atoms with Gasteiger partial charge in [-0.3, -0.25) is 4.79 Å². The highest BCUT2D eigenvalue weighted by Crippen LogP contribution is 2.13. The molecule has 0 aliphatic rings. The number of aryl methyl sites for hydroxylation is 1. The maximum atomic E-state index is 11.9. The fraction of sp³-hybridized carbons (Fsp3) is 0.308. The number of hydrogen-bond acceptors (Lipinski definition) is 3. The maximum Gasteiger partial charge on any atom is 0.276 e. The molecule has 0 spiro atoms. The number of H-pyrrole nitrogens is 1. The Morgan fingerprint density at radius 1 is 1.25 bits per heavy atom. The third-order valence-corrected chi connectivity index (χ3v) is 4.15. The SMILES string of the molecule is CNS(=O)(=O)NCCc1cc2cc(C)ccc2[nH]c1=O. The van der Waals surface area contributed by atoms with Crippen LogP contribution in [0.5, 0.6) is 0 Å². The molecule has 6 nitrogen and oxygen atoms in total. The summed E-state index contributed by atoms with van der Waals surface area (Å²) in [7, 11) is -2.14. The van der Waals surface area contributed by atoms with Gasteiger partial charge >= 0.3 is 0 Å². The smallest absolute Gasteiger partial charge is 0.276 e. The van der Waals surface area contributed by atoms with Crippen molar-refractivity contribution in [3.05, 3.63) is 45.7 Å². The van der Waals surface area contributed by atoms with Crippen molar-refractivity contribution in [3.8, 4) is 0 Å². The van der Waals surface area contributed by atoms with Crippen molar-refractivity contribution in [2.75, 3.05) is 13.6 Å². The number of fused-ring (bicyclic) bond motifs is 1. The van der Waals surface area contributed by atoms with Crippen molar-refractivity contribution >= 4 is 21.1 Å². The van der Waals surface area contributed by atoms with E-state index in [0.717, 1.165) is 16.5 Å². The standard InChI is InChI=1S/C13H17N3O3S/c1-9-3-4-12-11(7-9)8-10(13(17)16-12)5-6-15-20(18,19)14-2/h3-4,7-8,14-15H,5-6H2,1-2H3,(H,16,17). The molecule has 7 heteroatoms. The Morgan fingerprint density at radius 2 is 2.00 bits per heavy atom. The number of aromatic nitrogens is 1. The fourth-order valence-corrected chi connectivity index (χ4v) is 2.46. The summed E-state index contributed by atoms with van der Waals surface area (Å²) in [5, 5.41) is 0.941. The first-order valence-electron chi connectivity index (χ1n) is 6.22. The molecule has 0 saturated heterocycles. The Hall–Kier alpha value is -1.70. The van der Waals surface area contributed by atoms with Crippen molar-refractivity contribution in [2.45, 2.75) is 13.3 Å². The van der Waals surface area contributed by atoms with Gasteiger partial charge in [0.25, 0.3) is 15.8 Å². The zero-order valence-electron chi connectivity index (χ0n) is 11.4. The number of benzene rings is 1. The van der Waals surface area contributed by atoms with E-state index in [1.54, 1.807) is 6.07 Å². The summed E-state index contributed by atoms with van der Waals surface area (Å²) in [6, 6.07) is 7.57. The monoisotopic (exact) mass is 295 g/mol. The Kier molecular flexibility index (Phi) is 4.22. The number of aromatic amines is 1. The highest BCUT2D eigenvalue weighted by atomic mass is 32.2. The molecular weight excluding hydrogens is 278 g/mol. The van der Waals surface area contributed by atoms with E-state index >= 15 is 0 Å². The van der Waals surface area contributed by atoms with E-state index in [2.05, 4.69) is 14.4 Å². The van der Waals surface area contributed by atoms with Gasteiger partial charge in [-0.25, -0.2) is 9.44 Å². The van der Waals surface area contributed by atoms with E-state index in [1.165, 1.54) is 7.05 Å². The van der Waals surface area contributed by atoms with Crippen molar-refractivity contribution in [2.24, 2.45) is 0 Å². The molecule has 1 aromatic carbocycles. The van der Waals surface area contributed by atoms with Crippen LogP contribution in [0.2, 0.25) is 0 Å². The molecule has 2 aromatic rings. The Balaban J connectivity index is 2.22. The number of nitrogens with one attached hydrogen (secondary N) is 3. The number of hydrogen-bond donors (Lipinski definition) is 3. The summed E-state index contributed by atoms with van der Waals surface area (Å²) in [6.07, 6.45) is 0.333. The first kappa shape index (κ1) is 14.7.